The highest BCUT2D eigenvalue weighted by molar-refractivity contribution is 5.95. The van der Waals surface area contributed by atoms with E-state index in [1.807, 2.05) is 0 Å². The van der Waals surface area contributed by atoms with Crippen LogP contribution in [0.25, 0.3) is 11.1 Å². The topological polar surface area (TPSA) is 70.5 Å². The minimum atomic E-state index is -4.45. The van der Waals surface area contributed by atoms with E-state index in [-0.39, 0.29) is 11.3 Å². The van der Waals surface area contributed by atoms with Crippen LogP contribution >= 0.6 is 0 Å². The van der Waals surface area contributed by atoms with Crippen molar-refractivity contribution in [1.29, 1.82) is 0 Å². The normalized spacial score (nSPS) is 11.1. The second kappa shape index (κ2) is 7.51. The largest absolute Gasteiger partial charge is 0.478 e. The molecule has 0 spiro atoms. The molecule has 0 atom stereocenters. The molecule has 28 heavy (non-hydrogen) atoms. The first kappa shape index (κ1) is 19.1. The highest BCUT2D eigenvalue weighted by atomic mass is 19.4. The maximum Gasteiger partial charge on any atom is 0.416 e. The van der Waals surface area contributed by atoms with Gasteiger partial charge in [-0.2, -0.15) is 13.2 Å². The Kier molecular flexibility index (Phi) is 5.12. The van der Waals surface area contributed by atoms with Gasteiger partial charge in [-0.25, -0.2) is 4.79 Å². The molecule has 1 heterocycles. The molecular weight excluding hydrogens is 373 g/mol. The summed E-state index contributed by atoms with van der Waals surface area (Å²) in [6.45, 7) is 0. The molecule has 1 N–H and O–H groups in total. The minimum Gasteiger partial charge on any atom is -0.478 e. The van der Waals surface area contributed by atoms with Gasteiger partial charge >= 0.3 is 12.1 Å². The SMILES string of the molecule is O=CN(c1cncc(C(=O)O)c1)c1ccccc1-c1ccc(C(F)(F)F)cc1. The first-order valence-electron chi connectivity index (χ1n) is 8.01. The van der Waals surface area contributed by atoms with Crippen molar-refractivity contribution in [2.45, 2.75) is 6.18 Å². The van der Waals surface area contributed by atoms with Crippen LogP contribution in [0, 0.1) is 0 Å². The number of hydrogen-bond acceptors (Lipinski definition) is 3. The van der Waals surface area contributed by atoms with Crippen LogP contribution in [0.1, 0.15) is 15.9 Å². The van der Waals surface area contributed by atoms with Crippen LogP contribution in [0.2, 0.25) is 0 Å². The van der Waals surface area contributed by atoms with E-state index < -0.39 is 17.7 Å². The summed E-state index contributed by atoms with van der Waals surface area (Å²) in [7, 11) is 0. The zero-order chi connectivity index (χ0) is 20.3. The summed E-state index contributed by atoms with van der Waals surface area (Å²) < 4.78 is 38.4. The molecule has 0 aliphatic heterocycles. The summed E-state index contributed by atoms with van der Waals surface area (Å²) in [5.74, 6) is -1.20. The number of halogens is 3. The van der Waals surface area contributed by atoms with E-state index in [0.717, 1.165) is 18.3 Å². The monoisotopic (exact) mass is 386 g/mol. The third kappa shape index (κ3) is 3.85. The smallest absolute Gasteiger partial charge is 0.416 e. The highest BCUT2D eigenvalue weighted by Crippen LogP contribution is 2.36. The Balaban J connectivity index is 2.07. The summed E-state index contributed by atoms with van der Waals surface area (Å²) >= 11 is 0. The number of para-hydroxylation sites is 1. The van der Waals surface area contributed by atoms with E-state index in [2.05, 4.69) is 4.98 Å². The number of alkyl halides is 3. The predicted molar refractivity (Wildman–Crippen MR) is 96.3 cm³/mol. The minimum absolute atomic E-state index is 0.101. The summed E-state index contributed by atoms with van der Waals surface area (Å²) in [5.41, 5.74) is 0.688. The number of amides is 1. The average molecular weight is 386 g/mol. The third-order valence-electron chi connectivity index (χ3n) is 4.04. The van der Waals surface area contributed by atoms with Gasteiger partial charge in [0.05, 0.1) is 28.7 Å². The molecule has 1 amide bonds. The molecule has 5 nitrogen and oxygen atoms in total. The van der Waals surface area contributed by atoms with Crippen molar-refractivity contribution < 1.29 is 27.9 Å². The quantitative estimate of drug-likeness (QED) is 0.642. The standard InChI is InChI=1S/C20H13F3N2O3/c21-20(22,23)15-7-5-13(6-8-15)17-3-1-2-4-18(17)25(12-26)16-9-14(19(27)28)10-24-11-16/h1-12H,(H,27,28). The van der Waals surface area contributed by atoms with Gasteiger partial charge in [-0.05, 0) is 29.8 Å². The van der Waals surface area contributed by atoms with Crippen molar-refractivity contribution in [2.24, 2.45) is 0 Å². The lowest BCUT2D eigenvalue weighted by molar-refractivity contribution is -0.137. The average Bonchev–Trinajstić information content (AvgIpc) is 2.69. The fourth-order valence-corrected chi connectivity index (χ4v) is 2.70. The Morgan fingerprint density at radius 2 is 1.71 bits per heavy atom. The number of carboxylic acid groups (broad SMARTS) is 1. The zero-order valence-corrected chi connectivity index (χ0v) is 14.2. The van der Waals surface area contributed by atoms with E-state index in [1.54, 1.807) is 24.3 Å². The number of carbonyl (C=O) groups is 2. The van der Waals surface area contributed by atoms with Gasteiger partial charge in [-0.1, -0.05) is 30.3 Å². The van der Waals surface area contributed by atoms with Crippen LogP contribution in [-0.4, -0.2) is 22.5 Å². The molecule has 142 valence electrons. The van der Waals surface area contributed by atoms with Crippen molar-refractivity contribution in [3.05, 3.63) is 78.1 Å². The van der Waals surface area contributed by atoms with Crippen molar-refractivity contribution in [2.75, 3.05) is 4.90 Å². The van der Waals surface area contributed by atoms with E-state index >= 15 is 0 Å². The Labute approximate surface area is 157 Å². The fourth-order valence-electron chi connectivity index (χ4n) is 2.70. The molecule has 3 aromatic rings. The second-order valence-corrected chi connectivity index (χ2v) is 5.80. The fraction of sp³-hybridized carbons (Fsp3) is 0.0500. The second-order valence-electron chi connectivity index (χ2n) is 5.80. The lowest BCUT2D eigenvalue weighted by atomic mass is 10.0. The Bertz CT molecular complexity index is 1020. The summed E-state index contributed by atoms with van der Waals surface area (Å²) in [6, 6.07) is 12.4. The molecular formula is C20H13F3N2O3. The number of carboxylic acids is 1. The van der Waals surface area contributed by atoms with E-state index in [0.29, 0.717) is 23.2 Å². The van der Waals surface area contributed by atoms with Gasteiger partial charge in [-0.15, -0.1) is 0 Å². The molecule has 0 saturated heterocycles. The van der Waals surface area contributed by atoms with Gasteiger partial charge in [0.2, 0.25) is 6.41 Å². The van der Waals surface area contributed by atoms with Crippen LogP contribution < -0.4 is 4.90 Å². The zero-order valence-electron chi connectivity index (χ0n) is 14.2. The van der Waals surface area contributed by atoms with Crippen molar-refractivity contribution in [3.63, 3.8) is 0 Å². The summed E-state index contributed by atoms with van der Waals surface area (Å²) in [4.78, 5) is 27.9. The molecule has 1 aromatic heterocycles. The van der Waals surface area contributed by atoms with E-state index in [9.17, 15) is 22.8 Å². The first-order chi connectivity index (χ1) is 13.3. The lowest BCUT2D eigenvalue weighted by Crippen LogP contribution is -2.16. The molecule has 2 aromatic carbocycles. The van der Waals surface area contributed by atoms with Gasteiger partial charge in [-0.3, -0.25) is 14.7 Å². The molecule has 0 saturated carbocycles. The van der Waals surface area contributed by atoms with Gasteiger partial charge in [0, 0.05) is 11.8 Å². The molecule has 0 radical (unpaired) electrons. The van der Waals surface area contributed by atoms with Crippen LogP contribution in [0.4, 0.5) is 24.5 Å². The van der Waals surface area contributed by atoms with Gasteiger partial charge in [0.15, 0.2) is 0 Å². The maximum absolute atomic E-state index is 12.8. The van der Waals surface area contributed by atoms with Gasteiger partial charge in [0.1, 0.15) is 0 Å². The number of aromatic carboxylic acids is 1. The molecule has 0 aliphatic rings. The van der Waals surface area contributed by atoms with Crippen molar-refractivity contribution >= 4 is 23.8 Å². The number of nitrogens with zero attached hydrogens (tertiary/aromatic N) is 2. The Morgan fingerprint density at radius 1 is 1.04 bits per heavy atom. The van der Waals surface area contributed by atoms with Crippen molar-refractivity contribution in [3.8, 4) is 11.1 Å². The number of benzene rings is 2. The van der Waals surface area contributed by atoms with Crippen LogP contribution in [-0.2, 0) is 11.0 Å². The van der Waals surface area contributed by atoms with Crippen molar-refractivity contribution in [1.82, 2.24) is 4.98 Å². The third-order valence-corrected chi connectivity index (χ3v) is 4.04. The lowest BCUT2D eigenvalue weighted by Gasteiger charge is -2.21. The summed E-state index contributed by atoms with van der Waals surface area (Å²) in [6.07, 6.45) is -1.48. The Morgan fingerprint density at radius 3 is 2.32 bits per heavy atom. The van der Waals surface area contributed by atoms with Gasteiger partial charge in [0.25, 0.3) is 0 Å². The molecule has 0 bridgehead atoms. The Hall–Kier alpha value is -3.68. The number of carbonyl (C=O) groups excluding carboxylic acids is 1. The van der Waals surface area contributed by atoms with Crippen LogP contribution in [0.3, 0.4) is 0 Å². The van der Waals surface area contributed by atoms with Gasteiger partial charge < -0.3 is 5.11 Å². The maximum atomic E-state index is 12.8. The number of anilines is 2. The van der Waals surface area contributed by atoms with Crippen LogP contribution in [0.15, 0.2) is 67.0 Å². The van der Waals surface area contributed by atoms with E-state index in [4.69, 9.17) is 5.11 Å². The number of aromatic nitrogens is 1. The molecule has 0 fully saturated rings. The molecule has 0 unspecified atom stereocenters. The number of hydrogen-bond donors (Lipinski definition) is 1. The molecule has 0 aliphatic carbocycles. The number of pyridine rings is 1. The molecule has 3 rings (SSSR count). The number of rotatable bonds is 5. The predicted octanol–water partition coefficient (Wildman–Crippen LogP) is 4.76. The first-order valence-corrected chi connectivity index (χ1v) is 8.01. The molecule has 8 heteroatoms. The van der Waals surface area contributed by atoms with E-state index in [1.165, 1.54) is 29.3 Å². The summed E-state index contributed by atoms with van der Waals surface area (Å²) in [5, 5.41) is 9.12. The highest BCUT2D eigenvalue weighted by Gasteiger charge is 2.30. The van der Waals surface area contributed by atoms with Crippen LogP contribution in [0.5, 0.6) is 0 Å².